The topological polar surface area (TPSA) is 20.3 Å². The van der Waals surface area contributed by atoms with Crippen molar-refractivity contribution in [2.75, 3.05) is 11.9 Å². The Hall–Kier alpha value is -1.54. The van der Waals surface area contributed by atoms with E-state index >= 15 is 0 Å². The molecule has 0 atom stereocenters. The molecular formula is C13H12ClNO. The lowest BCUT2D eigenvalue weighted by Gasteiger charge is -2.14. The molecule has 0 heterocycles. The lowest BCUT2D eigenvalue weighted by atomic mass is 10.1. The van der Waals surface area contributed by atoms with Crippen LogP contribution >= 0.6 is 11.6 Å². The molecule has 2 rings (SSSR count). The van der Waals surface area contributed by atoms with Crippen molar-refractivity contribution < 1.29 is 4.79 Å². The summed E-state index contributed by atoms with van der Waals surface area (Å²) in [6, 6.07) is 12.0. The van der Waals surface area contributed by atoms with Crippen molar-refractivity contribution in [1.82, 2.24) is 0 Å². The van der Waals surface area contributed by atoms with Gasteiger partial charge in [0.05, 0.1) is 0 Å². The highest BCUT2D eigenvalue weighted by atomic mass is 35.5. The highest BCUT2D eigenvalue weighted by Crippen LogP contribution is 2.23. The van der Waals surface area contributed by atoms with Crippen LogP contribution in [0.25, 0.3) is 10.8 Å². The largest absolute Gasteiger partial charge is 0.320 e. The van der Waals surface area contributed by atoms with E-state index in [-0.39, 0.29) is 0 Å². The third-order valence-corrected chi connectivity index (χ3v) is 2.88. The summed E-state index contributed by atoms with van der Waals surface area (Å²) in [6.07, 6.45) is 0. The maximum absolute atomic E-state index is 11.0. The number of halogens is 1. The van der Waals surface area contributed by atoms with Crippen molar-refractivity contribution in [3.8, 4) is 0 Å². The summed E-state index contributed by atoms with van der Waals surface area (Å²) in [5.41, 5.74) is 2.03. The summed E-state index contributed by atoms with van der Waals surface area (Å²) >= 11 is 5.43. The lowest BCUT2D eigenvalue weighted by molar-refractivity contribution is 0.265. The van der Waals surface area contributed by atoms with Gasteiger partial charge in [0.25, 0.3) is 0 Å². The first kappa shape index (κ1) is 11.0. The summed E-state index contributed by atoms with van der Waals surface area (Å²) in [5, 5.41) is 1.79. The molecule has 0 aliphatic carbocycles. The van der Waals surface area contributed by atoms with Crippen LogP contribution < -0.4 is 4.90 Å². The number of nitrogens with zero attached hydrogens (tertiary/aromatic N) is 1. The van der Waals surface area contributed by atoms with Gasteiger partial charge in [0.15, 0.2) is 0 Å². The van der Waals surface area contributed by atoms with Crippen molar-refractivity contribution in [3.63, 3.8) is 0 Å². The molecule has 0 aliphatic heterocycles. The van der Waals surface area contributed by atoms with Crippen LogP contribution in [0.2, 0.25) is 0 Å². The number of benzene rings is 2. The fourth-order valence-corrected chi connectivity index (χ4v) is 1.76. The Labute approximate surface area is 99.4 Å². The van der Waals surface area contributed by atoms with Gasteiger partial charge in [-0.2, -0.15) is 0 Å². The Kier molecular flexibility index (Phi) is 2.84. The van der Waals surface area contributed by atoms with Gasteiger partial charge < -0.3 is 4.90 Å². The molecule has 2 aromatic carbocycles. The van der Waals surface area contributed by atoms with Crippen LogP contribution in [0.5, 0.6) is 0 Å². The van der Waals surface area contributed by atoms with Gasteiger partial charge in [0.2, 0.25) is 0 Å². The predicted octanol–water partition coefficient (Wildman–Crippen LogP) is 3.94. The Morgan fingerprint density at radius 3 is 2.44 bits per heavy atom. The number of hydrogen-bond acceptors (Lipinski definition) is 1. The van der Waals surface area contributed by atoms with E-state index < -0.39 is 5.37 Å². The van der Waals surface area contributed by atoms with E-state index in [4.69, 9.17) is 11.6 Å². The quantitative estimate of drug-likeness (QED) is 0.540. The van der Waals surface area contributed by atoms with E-state index in [9.17, 15) is 4.79 Å². The molecule has 0 radical (unpaired) electrons. The zero-order valence-electron chi connectivity index (χ0n) is 9.20. The lowest BCUT2D eigenvalue weighted by Crippen LogP contribution is -2.19. The molecule has 0 aliphatic rings. The Bertz CT molecular complexity index is 551. The second-order valence-corrected chi connectivity index (χ2v) is 4.17. The molecule has 2 nitrogen and oxygen atoms in total. The number of anilines is 1. The Balaban J connectivity index is 2.52. The molecule has 0 saturated carbocycles. The number of carbonyl (C=O) groups is 1. The summed E-state index contributed by atoms with van der Waals surface area (Å²) in [6.45, 7) is 2.06. The summed E-state index contributed by atoms with van der Waals surface area (Å²) in [4.78, 5) is 12.4. The van der Waals surface area contributed by atoms with E-state index in [1.807, 2.05) is 24.3 Å². The first-order chi connectivity index (χ1) is 7.58. The molecule has 0 bridgehead atoms. The van der Waals surface area contributed by atoms with Crippen LogP contribution in [0.1, 0.15) is 5.56 Å². The molecule has 1 amide bonds. The standard InChI is InChI=1S/C13H12ClNO/c1-9-3-4-11-8-12(15(2)13(14)16)6-5-10(11)7-9/h3-8H,1-2H3. The summed E-state index contributed by atoms with van der Waals surface area (Å²) in [7, 11) is 1.66. The van der Waals surface area contributed by atoms with E-state index in [0.29, 0.717) is 0 Å². The van der Waals surface area contributed by atoms with Crippen molar-refractivity contribution in [2.45, 2.75) is 6.92 Å². The molecule has 0 fully saturated rings. The molecule has 0 N–H and O–H groups in total. The average Bonchev–Trinajstić information content (AvgIpc) is 2.27. The first-order valence-corrected chi connectivity index (χ1v) is 5.39. The monoisotopic (exact) mass is 233 g/mol. The Morgan fingerprint density at radius 1 is 1.12 bits per heavy atom. The van der Waals surface area contributed by atoms with Crippen molar-refractivity contribution in [3.05, 3.63) is 42.0 Å². The van der Waals surface area contributed by atoms with Crippen molar-refractivity contribution in [1.29, 1.82) is 0 Å². The molecule has 16 heavy (non-hydrogen) atoms. The second-order valence-electron chi connectivity index (χ2n) is 3.85. The fraction of sp³-hybridized carbons (Fsp3) is 0.154. The summed E-state index contributed by atoms with van der Waals surface area (Å²) < 4.78 is 0. The van der Waals surface area contributed by atoms with Gasteiger partial charge in [-0.25, -0.2) is 0 Å². The second kappa shape index (κ2) is 4.14. The molecule has 82 valence electrons. The van der Waals surface area contributed by atoms with E-state index in [2.05, 4.69) is 19.1 Å². The van der Waals surface area contributed by atoms with E-state index in [1.165, 1.54) is 15.8 Å². The molecule has 2 aromatic rings. The molecule has 0 spiro atoms. The minimum absolute atomic E-state index is 0.480. The first-order valence-electron chi connectivity index (χ1n) is 5.01. The normalized spacial score (nSPS) is 10.4. The van der Waals surface area contributed by atoms with Crippen LogP contribution in [0.3, 0.4) is 0 Å². The summed E-state index contributed by atoms with van der Waals surface area (Å²) in [5.74, 6) is 0. The van der Waals surface area contributed by atoms with Crippen LogP contribution in [-0.2, 0) is 0 Å². The predicted molar refractivity (Wildman–Crippen MR) is 68.3 cm³/mol. The van der Waals surface area contributed by atoms with E-state index in [0.717, 1.165) is 11.1 Å². The minimum Gasteiger partial charge on any atom is -0.302 e. The maximum Gasteiger partial charge on any atom is 0.320 e. The maximum atomic E-state index is 11.0. The molecule has 0 unspecified atom stereocenters. The molecule has 3 heteroatoms. The van der Waals surface area contributed by atoms with Gasteiger partial charge in [-0.3, -0.25) is 4.79 Å². The fourth-order valence-electron chi connectivity index (χ4n) is 1.66. The number of amides is 1. The van der Waals surface area contributed by atoms with Crippen molar-refractivity contribution in [2.24, 2.45) is 0 Å². The highest BCUT2D eigenvalue weighted by molar-refractivity contribution is 6.66. The molecular weight excluding hydrogens is 222 g/mol. The molecule has 0 aromatic heterocycles. The van der Waals surface area contributed by atoms with Gasteiger partial charge in [-0.05, 0) is 41.4 Å². The van der Waals surface area contributed by atoms with Gasteiger partial charge >= 0.3 is 5.37 Å². The van der Waals surface area contributed by atoms with Gasteiger partial charge in [0.1, 0.15) is 0 Å². The number of aryl methyl sites for hydroxylation is 1. The van der Waals surface area contributed by atoms with Crippen LogP contribution in [0.4, 0.5) is 10.5 Å². The third kappa shape index (κ3) is 2.02. The number of hydrogen-bond donors (Lipinski definition) is 0. The van der Waals surface area contributed by atoms with Gasteiger partial charge in [-0.1, -0.05) is 29.8 Å². The van der Waals surface area contributed by atoms with Gasteiger partial charge in [-0.15, -0.1) is 0 Å². The Morgan fingerprint density at radius 2 is 1.75 bits per heavy atom. The zero-order chi connectivity index (χ0) is 11.7. The average molecular weight is 234 g/mol. The van der Waals surface area contributed by atoms with E-state index in [1.54, 1.807) is 7.05 Å². The smallest absolute Gasteiger partial charge is 0.302 e. The highest BCUT2D eigenvalue weighted by Gasteiger charge is 2.07. The number of rotatable bonds is 1. The van der Waals surface area contributed by atoms with Crippen LogP contribution in [0, 0.1) is 6.92 Å². The SMILES string of the molecule is Cc1ccc2cc(N(C)C(=O)Cl)ccc2c1. The zero-order valence-corrected chi connectivity index (χ0v) is 9.95. The third-order valence-electron chi connectivity index (χ3n) is 2.63. The number of fused-ring (bicyclic) bond motifs is 1. The van der Waals surface area contributed by atoms with Crippen LogP contribution in [-0.4, -0.2) is 12.4 Å². The number of carbonyl (C=O) groups excluding carboxylic acids is 1. The molecule has 0 saturated heterocycles. The minimum atomic E-state index is -0.480. The van der Waals surface area contributed by atoms with Crippen molar-refractivity contribution >= 4 is 33.4 Å². The van der Waals surface area contributed by atoms with Gasteiger partial charge in [0, 0.05) is 12.7 Å². The van der Waals surface area contributed by atoms with Crippen LogP contribution in [0.15, 0.2) is 36.4 Å².